The van der Waals surface area contributed by atoms with Crippen LogP contribution in [0.1, 0.15) is 98.4 Å². The zero-order valence-corrected chi connectivity index (χ0v) is 30.4. The maximum atomic E-state index is 13.1. The van der Waals surface area contributed by atoms with E-state index in [1.807, 2.05) is 51.3 Å². The largest absolute Gasteiger partial charge is 0.444 e. The van der Waals surface area contributed by atoms with Gasteiger partial charge < -0.3 is 19.4 Å². The number of hydrogen-bond donors (Lipinski definition) is 2. The van der Waals surface area contributed by atoms with Crippen molar-refractivity contribution in [1.82, 2.24) is 29.7 Å². The monoisotopic (exact) mass is 682 g/mol. The standard InChI is InChI=1S/C38H46N6O4S/c1-21-17-30(43(20-21)35(45)47-37(3,4)5)33-41-28-19-31(49-34(28)42-33)24-12-10-23(11-13-24)25-14-15-26-27(18-25)40-32(39-26)29-16-9-22(2)44(29)36(46)48-38(6,7)8/h10-15,18-19,21-22,29-30H,9,16-17,20H2,1-8H3,(H,39,40)(H,41,42)/t21-,22-,29-,30-/m0/s1. The molecular weight excluding hydrogens is 637 g/mol. The fourth-order valence-electron chi connectivity index (χ4n) is 7.02. The van der Waals surface area contributed by atoms with Gasteiger partial charge >= 0.3 is 12.2 Å². The van der Waals surface area contributed by atoms with E-state index in [2.05, 4.69) is 72.3 Å². The van der Waals surface area contributed by atoms with Crippen LogP contribution in [0.3, 0.4) is 0 Å². The molecule has 10 nitrogen and oxygen atoms in total. The van der Waals surface area contributed by atoms with Crippen molar-refractivity contribution in [2.75, 3.05) is 6.54 Å². The van der Waals surface area contributed by atoms with E-state index in [1.165, 1.54) is 0 Å². The molecule has 2 aromatic carbocycles. The molecule has 0 unspecified atom stereocenters. The lowest BCUT2D eigenvalue weighted by atomic mass is 10.0. The Kier molecular flexibility index (Phi) is 8.24. The van der Waals surface area contributed by atoms with E-state index in [0.717, 1.165) is 73.9 Å². The van der Waals surface area contributed by atoms with Crippen LogP contribution in [0.25, 0.3) is 42.9 Å². The van der Waals surface area contributed by atoms with Gasteiger partial charge in [0.25, 0.3) is 0 Å². The van der Waals surface area contributed by atoms with Gasteiger partial charge in [0, 0.05) is 17.5 Å². The molecule has 2 amide bonds. The number of ether oxygens (including phenoxy) is 2. The number of aromatic amines is 2. The number of carbonyl (C=O) groups is 2. The van der Waals surface area contributed by atoms with Crippen LogP contribution in [0.2, 0.25) is 0 Å². The highest BCUT2D eigenvalue weighted by Gasteiger charge is 2.40. The highest BCUT2D eigenvalue weighted by molar-refractivity contribution is 7.21. The molecule has 4 atom stereocenters. The van der Waals surface area contributed by atoms with Crippen LogP contribution in [-0.4, -0.2) is 65.7 Å². The van der Waals surface area contributed by atoms with Crippen LogP contribution in [0.15, 0.2) is 48.5 Å². The van der Waals surface area contributed by atoms with Crippen LogP contribution >= 0.6 is 11.3 Å². The van der Waals surface area contributed by atoms with Crippen molar-refractivity contribution >= 4 is 44.9 Å². The Bertz CT molecular complexity index is 1980. The number of thiophene rings is 1. The third kappa shape index (κ3) is 6.77. The summed E-state index contributed by atoms with van der Waals surface area (Å²) >= 11 is 1.65. The van der Waals surface area contributed by atoms with Crippen molar-refractivity contribution in [3.8, 4) is 21.6 Å². The third-order valence-corrected chi connectivity index (χ3v) is 10.3. The molecule has 7 rings (SSSR count). The molecule has 0 bridgehead atoms. The lowest BCUT2D eigenvalue weighted by Crippen LogP contribution is -2.40. The zero-order chi connectivity index (χ0) is 34.8. The normalized spacial score (nSPS) is 21.6. The fraction of sp³-hybridized carbons (Fsp3) is 0.474. The Balaban J connectivity index is 1.07. The number of nitrogens with zero attached hydrogens (tertiary/aromatic N) is 4. The van der Waals surface area contributed by atoms with Gasteiger partial charge in [-0.25, -0.2) is 19.6 Å². The molecule has 11 heteroatoms. The summed E-state index contributed by atoms with van der Waals surface area (Å²) in [6.45, 7) is 16.2. The molecule has 0 radical (unpaired) electrons. The van der Waals surface area contributed by atoms with Crippen LogP contribution in [0, 0.1) is 5.92 Å². The van der Waals surface area contributed by atoms with E-state index in [0.29, 0.717) is 12.5 Å². The van der Waals surface area contributed by atoms with Gasteiger partial charge in [-0.2, -0.15) is 0 Å². The first-order valence-electron chi connectivity index (χ1n) is 17.2. The van der Waals surface area contributed by atoms with Gasteiger partial charge in [-0.3, -0.25) is 9.80 Å². The summed E-state index contributed by atoms with van der Waals surface area (Å²) < 4.78 is 11.4. The predicted octanol–water partition coefficient (Wildman–Crippen LogP) is 9.61. The Morgan fingerprint density at radius 3 is 2.10 bits per heavy atom. The Labute approximate surface area is 291 Å². The molecule has 2 N–H and O–H groups in total. The van der Waals surface area contributed by atoms with Gasteiger partial charge in [-0.05, 0) is 109 Å². The number of rotatable bonds is 4. The van der Waals surface area contributed by atoms with Crippen molar-refractivity contribution in [2.24, 2.45) is 5.92 Å². The highest BCUT2D eigenvalue weighted by atomic mass is 32.1. The van der Waals surface area contributed by atoms with Crippen molar-refractivity contribution in [3.05, 3.63) is 60.2 Å². The number of H-pyrrole nitrogens is 2. The smallest absolute Gasteiger partial charge is 0.411 e. The molecule has 5 heterocycles. The summed E-state index contributed by atoms with van der Waals surface area (Å²) in [6.07, 6.45) is 2.01. The average Bonchev–Trinajstić information content (AvgIpc) is 3.82. The number of amides is 2. The van der Waals surface area contributed by atoms with E-state index < -0.39 is 11.2 Å². The molecule has 258 valence electrons. The first kappa shape index (κ1) is 33.1. The van der Waals surface area contributed by atoms with E-state index in [1.54, 1.807) is 11.3 Å². The van der Waals surface area contributed by atoms with E-state index in [4.69, 9.17) is 19.4 Å². The second-order valence-corrected chi connectivity index (χ2v) is 16.7. The Morgan fingerprint density at radius 1 is 0.776 bits per heavy atom. The number of aromatic nitrogens is 4. The topological polar surface area (TPSA) is 116 Å². The van der Waals surface area contributed by atoms with Crippen molar-refractivity contribution in [2.45, 2.75) is 104 Å². The van der Waals surface area contributed by atoms with Gasteiger partial charge in [-0.1, -0.05) is 37.3 Å². The zero-order valence-electron chi connectivity index (χ0n) is 29.6. The van der Waals surface area contributed by atoms with Gasteiger partial charge in [0.15, 0.2) is 0 Å². The molecule has 0 saturated carbocycles. The molecular formula is C38H46N6O4S. The number of carbonyl (C=O) groups excluding carboxylic acids is 2. The van der Waals surface area contributed by atoms with E-state index in [-0.39, 0.29) is 30.3 Å². The molecule has 2 fully saturated rings. The summed E-state index contributed by atoms with van der Waals surface area (Å²) in [5, 5.41) is 0. The first-order chi connectivity index (χ1) is 23.1. The minimum atomic E-state index is -0.554. The molecule has 2 aliphatic heterocycles. The van der Waals surface area contributed by atoms with Crippen LogP contribution in [-0.2, 0) is 9.47 Å². The number of nitrogens with one attached hydrogen (secondary N) is 2. The Morgan fingerprint density at radius 2 is 1.41 bits per heavy atom. The minimum Gasteiger partial charge on any atom is -0.444 e. The summed E-state index contributed by atoms with van der Waals surface area (Å²) in [5.41, 5.74) is 4.99. The third-order valence-electron chi connectivity index (χ3n) is 9.24. The van der Waals surface area contributed by atoms with Gasteiger partial charge in [0.2, 0.25) is 0 Å². The average molecular weight is 683 g/mol. The second-order valence-electron chi connectivity index (χ2n) is 15.7. The summed E-state index contributed by atoms with van der Waals surface area (Å²) in [4.78, 5) is 48.6. The van der Waals surface area contributed by atoms with Gasteiger partial charge in [0.05, 0.1) is 28.6 Å². The molecule has 5 aromatic rings. The van der Waals surface area contributed by atoms with Crippen LogP contribution < -0.4 is 0 Å². The summed E-state index contributed by atoms with van der Waals surface area (Å²) in [7, 11) is 0. The number of likely N-dealkylation sites (tertiary alicyclic amines) is 2. The van der Waals surface area contributed by atoms with Crippen molar-refractivity contribution in [3.63, 3.8) is 0 Å². The Hall–Kier alpha value is -4.38. The van der Waals surface area contributed by atoms with Crippen molar-refractivity contribution in [1.29, 1.82) is 0 Å². The SMILES string of the molecule is C[C@H]1C[C@@H](c2nc3sc(-c4ccc(-c5ccc6[nH]c([C@@H]7CC[C@H](C)N7C(=O)OC(C)(C)C)nc6c5)cc4)cc3[nH]2)N(C(=O)OC(C)(C)C)C1. The first-order valence-corrected chi connectivity index (χ1v) is 18.0. The van der Waals surface area contributed by atoms with Crippen LogP contribution in [0.5, 0.6) is 0 Å². The molecule has 49 heavy (non-hydrogen) atoms. The number of benzene rings is 2. The van der Waals surface area contributed by atoms with Crippen LogP contribution in [0.4, 0.5) is 9.59 Å². The fourth-order valence-corrected chi connectivity index (χ4v) is 8.02. The lowest BCUT2D eigenvalue weighted by molar-refractivity contribution is 0.0150. The molecule has 0 aliphatic carbocycles. The highest BCUT2D eigenvalue weighted by Crippen LogP contribution is 2.40. The van der Waals surface area contributed by atoms with Crippen molar-refractivity contribution < 1.29 is 19.1 Å². The van der Waals surface area contributed by atoms with E-state index in [9.17, 15) is 9.59 Å². The molecule has 0 spiro atoms. The maximum absolute atomic E-state index is 13.1. The quantitative estimate of drug-likeness (QED) is 0.195. The second kappa shape index (κ2) is 12.2. The maximum Gasteiger partial charge on any atom is 0.411 e. The number of imidazole rings is 2. The molecule has 2 aliphatic rings. The van der Waals surface area contributed by atoms with Gasteiger partial charge in [0.1, 0.15) is 27.7 Å². The summed E-state index contributed by atoms with van der Waals surface area (Å²) in [5.74, 6) is 1.98. The number of fused-ring (bicyclic) bond motifs is 2. The number of hydrogen-bond acceptors (Lipinski definition) is 7. The molecule has 2 saturated heterocycles. The van der Waals surface area contributed by atoms with Gasteiger partial charge in [-0.15, -0.1) is 11.3 Å². The van der Waals surface area contributed by atoms with E-state index >= 15 is 0 Å². The lowest BCUT2D eigenvalue weighted by Gasteiger charge is -2.30. The summed E-state index contributed by atoms with van der Waals surface area (Å²) in [6, 6.07) is 16.8. The molecule has 3 aromatic heterocycles. The predicted molar refractivity (Wildman–Crippen MR) is 193 cm³/mol. The minimum absolute atomic E-state index is 0.0851.